The van der Waals surface area contributed by atoms with Crippen molar-refractivity contribution in [1.82, 2.24) is 24.6 Å². The molecule has 32 heavy (non-hydrogen) atoms. The fraction of sp³-hybridized carbons (Fsp3) is 0.320. The highest BCUT2D eigenvalue weighted by molar-refractivity contribution is 7.98. The second-order valence-corrected chi connectivity index (χ2v) is 9.06. The molecule has 0 radical (unpaired) electrons. The summed E-state index contributed by atoms with van der Waals surface area (Å²) in [5.74, 6) is 1.59. The van der Waals surface area contributed by atoms with Crippen LogP contribution in [0.1, 0.15) is 21.5 Å². The van der Waals surface area contributed by atoms with E-state index in [1.807, 2.05) is 35.2 Å². The first kappa shape index (κ1) is 22.3. The molecule has 0 bridgehead atoms. The van der Waals surface area contributed by atoms with Gasteiger partial charge in [0.15, 0.2) is 11.0 Å². The van der Waals surface area contributed by atoms with Gasteiger partial charge in [-0.2, -0.15) is 0 Å². The quantitative estimate of drug-likeness (QED) is 0.403. The molecule has 2 heterocycles. The summed E-state index contributed by atoms with van der Waals surface area (Å²) >= 11 is 1.60. The molecule has 1 amide bonds. The molecule has 0 aliphatic carbocycles. The number of nitrogens with zero attached hydrogens (tertiary/aromatic N) is 5. The summed E-state index contributed by atoms with van der Waals surface area (Å²) in [5, 5.41) is 9.72. The molecule has 1 fully saturated rings. The van der Waals surface area contributed by atoms with E-state index in [1.54, 1.807) is 11.8 Å². The lowest BCUT2D eigenvalue weighted by Crippen LogP contribution is -2.47. The molecular formula is C25H29N5OS. The molecule has 0 spiro atoms. The molecule has 1 aliphatic rings. The van der Waals surface area contributed by atoms with Gasteiger partial charge in [0.2, 0.25) is 0 Å². The first-order valence-electron chi connectivity index (χ1n) is 10.9. The van der Waals surface area contributed by atoms with Crippen LogP contribution in [0.2, 0.25) is 0 Å². The third kappa shape index (κ3) is 4.95. The maximum atomic E-state index is 13.2. The molecule has 0 atom stereocenters. The average Bonchev–Trinajstić information content (AvgIpc) is 3.21. The normalized spacial score (nSPS) is 14.5. The molecule has 0 unspecified atom stereocenters. The molecule has 166 valence electrons. The second-order valence-electron chi connectivity index (χ2n) is 8.11. The fourth-order valence-corrected chi connectivity index (χ4v) is 4.73. The SMILES string of the molecule is C=CCn1c(SCc2ccccc2C(=O)N2CCN(C)CC2)nnc1-c1ccc(C)cc1. The monoisotopic (exact) mass is 447 g/mol. The summed E-state index contributed by atoms with van der Waals surface area (Å²) in [5.41, 5.74) is 4.03. The van der Waals surface area contributed by atoms with Crippen molar-refractivity contribution in [3.8, 4) is 11.4 Å². The predicted octanol–water partition coefficient (Wildman–Crippen LogP) is 4.12. The number of hydrogen-bond acceptors (Lipinski definition) is 5. The molecule has 0 N–H and O–H groups in total. The summed E-state index contributed by atoms with van der Waals surface area (Å²) in [6.45, 7) is 9.95. The number of allylic oxidation sites excluding steroid dienone is 1. The van der Waals surface area contributed by atoms with Crippen molar-refractivity contribution in [2.75, 3.05) is 33.2 Å². The first-order valence-corrected chi connectivity index (χ1v) is 11.8. The fourth-order valence-electron chi connectivity index (χ4n) is 3.78. The predicted molar refractivity (Wildman–Crippen MR) is 130 cm³/mol. The number of hydrogen-bond donors (Lipinski definition) is 0. The molecular weight excluding hydrogens is 418 g/mol. The number of aromatic nitrogens is 3. The summed E-state index contributed by atoms with van der Waals surface area (Å²) in [6.07, 6.45) is 1.86. The highest BCUT2D eigenvalue weighted by Crippen LogP contribution is 2.28. The van der Waals surface area contributed by atoms with Gasteiger partial charge in [-0.3, -0.25) is 9.36 Å². The van der Waals surface area contributed by atoms with Crippen LogP contribution in [-0.4, -0.2) is 63.7 Å². The van der Waals surface area contributed by atoms with Crippen LogP contribution in [0.3, 0.4) is 0 Å². The second kappa shape index (κ2) is 10.1. The van der Waals surface area contributed by atoms with Crippen molar-refractivity contribution in [2.24, 2.45) is 0 Å². The number of carbonyl (C=O) groups excluding carboxylic acids is 1. The van der Waals surface area contributed by atoms with E-state index in [0.29, 0.717) is 12.3 Å². The maximum Gasteiger partial charge on any atom is 0.254 e. The zero-order valence-corrected chi connectivity index (χ0v) is 19.5. The van der Waals surface area contributed by atoms with E-state index in [9.17, 15) is 4.79 Å². The Kier molecular flexibility index (Phi) is 7.07. The number of amides is 1. The van der Waals surface area contributed by atoms with Crippen molar-refractivity contribution in [3.63, 3.8) is 0 Å². The van der Waals surface area contributed by atoms with E-state index in [4.69, 9.17) is 0 Å². The summed E-state index contributed by atoms with van der Waals surface area (Å²) < 4.78 is 2.08. The Morgan fingerprint density at radius 2 is 1.78 bits per heavy atom. The molecule has 2 aromatic carbocycles. The largest absolute Gasteiger partial charge is 0.336 e. The van der Waals surface area contributed by atoms with Crippen LogP contribution in [0.4, 0.5) is 0 Å². The number of likely N-dealkylation sites (N-methyl/N-ethyl adjacent to an activating group) is 1. The van der Waals surface area contributed by atoms with E-state index >= 15 is 0 Å². The zero-order chi connectivity index (χ0) is 22.5. The van der Waals surface area contributed by atoms with E-state index < -0.39 is 0 Å². The minimum atomic E-state index is 0.113. The summed E-state index contributed by atoms with van der Waals surface area (Å²) in [4.78, 5) is 17.4. The number of aryl methyl sites for hydroxylation is 1. The molecule has 3 aromatic rings. The van der Waals surface area contributed by atoms with Crippen LogP contribution in [-0.2, 0) is 12.3 Å². The third-order valence-corrected chi connectivity index (χ3v) is 6.75. The number of carbonyl (C=O) groups is 1. The third-order valence-electron chi connectivity index (χ3n) is 5.73. The number of rotatable bonds is 7. The number of benzene rings is 2. The average molecular weight is 448 g/mol. The Balaban J connectivity index is 1.53. The lowest BCUT2D eigenvalue weighted by molar-refractivity contribution is 0.0663. The van der Waals surface area contributed by atoms with Crippen molar-refractivity contribution in [1.29, 1.82) is 0 Å². The molecule has 4 rings (SSSR count). The Bertz CT molecular complexity index is 1080. The smallest absolute Gasteiger partial charge is 0.254 e. The van der Waals surface area contributed by atoms with Crippen LogP contribution in [0.15, 0.2) is 66.3 Å². The standard InChI is InChI=1S/C25H29N5OS/c1-4-13-30-23(20-11-9-19(2)10-12-20)26-27-25(30)32-18-21-7-5-6-8-22(21)24(31)29-16-14-28(3)15-17-29/h4-12H,1,13-18H2,2-3H3. The van der Waals surface area contributed by atoms with Gasteiger partial charge in [-0.05, 0) is 25.6 Å². The minimum absolute atomic E-state index is 0.113. The van der Waals surface area contributed by atoms with Crippen molar-refractivity contribution in [2.45, 2.75) is 24.4 Å². The molecule has 7 heteroatoms. The molecule has 6 nitrogen and oxygen atoms in total. The van der Waals surface area contributed by atoms with Crippen molar-refractivity contribution >= 4 is 17.7 Å². The Morgan fingerprint density at radius 1 is 1.06 bits per heavy atom. The minimum Gasteiger partial charge on any atom is -0.336 e. The molecule has 1 aromatic heterocycles. The van der Waals surface area contributed by atoms with Crippen LogP contribution in [0.25, 0.3) is 11.4 Å². The van der Waals surface area contributed by atoms with Gasteiger partial charge in [-0.25, -0.2) is 0 Å². The van der Waals surface area contributed by atoms with E-state index in [0.717, 1.165) is 53.9 Å². The topological polar surface area (TPSA) is 54.3 Å². The Labute approximate surface area is 193 Å². The Hall–Kier alpha value is -2.90. The summed E-state index contributed by atoms with van der Waals surface area (Å²) in [7, 11) is 2.09. The van der Waals surface area contributed by atoms with Gasteiger partial charge in [0.1, 0.15) is 0 Å². The maximum absolute atomic E-state index is 13.2. The van der Waals surface area contributed by atoms with Crippen molar-refractivity contribution < 1.29 is 4.79 Å². The van der Waals surface area contributed by atoms with Gasteiger partial charge in [0.25, 0.3) is 5.91 Å². The lowest BCUT2D eigenvalue weighted by Gasteiger charge is -2.32. The van der Waals surface area contributed by atoms with E-state index in [1.165, 1.54) is 5.56 Å². The highest BCUT2D eigenvalue weighted by Gasteiger charge is 2.22. The van der Waals surface area contributed by atoms with Crippen LogP contribution >= 0.6 is 11.8 Å². The molecule has 1 saturated heterocycles. The van der Waals surface area contributed by atoms with Crippen LogP contribution in [0.5, 0.6) is 0 Å². The van der Waals surface area contributed by atoms with Gasteiger partial charge >= 0.3 is 0 Å². The van der Waals surface area contributed by atoms with E-state index in [-0.39, 0.29) is 5.91 Å². The van der Waals surface area contributed by atoms with Gasteiger partial charge in [0.05, 0.1) is 0 Å². The van der Waals surface area contributed by atoms with Crippen molar-refractivity contribution in [3.05, 3.63) is 77.9 Å². The van der Waals surface area contributed by atoms with E-state index in [2.05, 4.69) is 64.5 Å². The van der Waals surface area contributed by atoms with Crippen LogP contribution < -0.4 is 0 Å². The number of thioether (sulfide) groups is 1. The van der Waals surface area contributed by atoms with Gasteiger partial charge in [-0.15, -0.1) is 16.8 Å². The van der Waals surface area contributed by atoms with Crippen LogP contribution in [0, 0.1) is 6.92 Å². The Morgan fingerprint density at radius 3 is 2.50 bits per heavy atom. The molecule has 1 aliphatic heterocycles. The highest BCUT2D eigenvalue weighted by atomic mass is 32.2. The van der Waals surface area contributed by atoms with Gasteiger partial charge < -0.3 is 9.80 Å². The lowest BCUT2D eigenvalue weighted by atomic mass is 10.1. The summed E-state index contributed by atoms with van der Waals surface area (Å²) in [6, 6.07) is 16.2. The number of piperazine rings is 1. The zero-order valence-electron chi connectivity index (χ0n) is 18.7. The van der Waals surface area contributed by atoms with Gasteiger partial charge in [-0.1, -0.05) is 65.9 Å². The first-order chi connectivity index (χ1) is 15.6. The molecule has 0 saturated carbocycles. The van der Waals surface area contributed by atoms with Gasteiger partial charge in [0, 0.05) is 49.6 Å².